The zero-order valence-corrected chi connectivity index (χ0v) is 10.7. The van der Waals surface area contributed by atoms with E-state index in [0.717, 1.165) is 6.07 Å². The van der Waals surface area contributed by atoms with Crippen LogP contribution in [0.2, 0.25) is 5.02 Å². The van der Waals surface area contributed by atoms with Gasteiger partial charge >= 0.3 is 0 Å². The number of carbonyl (C=O) groups is 1. The van der Waals surface area contributed by atoms with E-state index < -0.39 is 16.6 Å². The highest BCUT2D eigenvalue weighted by atomic mass is 35.5. The first-order valence-electron chi connectivity index (χ1n) is 5.48. The molecule has 5 nitrogen and oxygen atoms in total. The minimum atomic E-state index is -0.635. The number of hydrogen-bond acceptors (Lipinski definition) is 3. The van der Waals surface area contributed by atoms with Crippen molar-refractivity contribution in [3.05, 3.63) is 69.0 Å². The van der Waals surface area contributed by atoms with E-state index in [1.54, 1.807) is 0 Å². The van der Waals surface area contributed by atoms with Crippen LogP contribution in [0.4, 0.5) is 15.8 Å². The Morgan fingerprint density at radius 1 is 1.20 bits per heavy atom. The monoisotopic (exact) mass is 294 g/mol. The van der Waals surface area contributed by atoms with Crippen molar-refractivity contribution in [3.63, 3.8) is 0 Å². The lowest BCUT2D eigenvalue weighted by molar-refractivity contribution is -0.384. The largest absolute Gasteiger partial charge is 0.322 e. The molecule has 0 aromatic heterocycles. The summed E-state index contributed by atoms with van der Waals surface area (Å²) in [5.41, 5.74) is 0.306. The zero-order valence-electron chi connectivity index (χ0n) is 9.97. The van der Waals surface area contributed by atoms with Gasteiger partial charge in [0.15, 0.2) is 0 Å². The smallest absolute Gasteiger partial charge is 0.287 e. The predicted molar refractivity (Wildman–Crippen MR) is 72.5 cm³/mol. The number of hydrogen-bond donors (Lipinski definition) is 1. The highest BCUT2D eigenvalue weighted by Crippen LogP contribution is 2.25. The third-order valence-electron chi connectivity index (χ3n) is 2.51. The Bertz CT molecular complexity index is 674. The first-order chi connectivity index (χ1) is 9.47. The van der Waals surface area contributed by atoms with Crippen LogP contribution in [0.5, 0.6) is 0 Å². The molecule has 2 aromatic rings. The van der Waals surface area contributed by atoms with Gasteiger partial charge in [-0.2, -0.15) is 0 Å². The Kier molecular flexibility index (Phi) is 3.95. The predicted octanol–water partition coefficient (Wildman–Crippen LogP) is 3.64. The van der Waals surface area contributed by atoms with Gasteiger partial charge in [0.2, 0.25) is 0 Å². The third-order valence-corrected chi connectivity index (χ3v) is 2.81. The number of nitro groups is 1. The Hall–Kier alpha value is -2.47. The van der Waals surface area contributed by atoms with Crippen molar-refractivity contribution in [1.29, 1.82) is 0 Å². The molecule has 0 aliphatic heterocycles. The van der Waals surface area contributed by atoms with Crippen LogP contribution in [0.3, 0.4) is 0 Å². The summed E-state index contributed by atoms with van der Waals surface area (Å²) in [4.78, 5) is 21.9. The van der Waals surface area contributed by atoms with E-state index in [2.05, 4.69) is 5.32 Å². The molecule has 0 heterocycles. The molecule has 102 valence electrons. The summed E-state index contributed by atoms with van der Waals surface area (Å²) in [6.07, 6.45) is 0. The maximum absolute atomic E-state index is 12.7. The van der Waals surface area contributed by atoms with Crippen LogP contribution in [0.25, 0.3) is 0 Å². The fraction of sp³-hybridized carbons (Fsp3) is 0. The molecular formula is C13H8ClFN2O3. The normalized spacial score (nSPS) is 10.1. The SMILES string of the molecule is O=C(Nc1ccc(F)cc1)c1ccc([N+](=O)[O-])c(Cl)c1. The van der Waals surface area contributed by atoms with E-state index >= 15 is 0 Å². The number of benzene rings is 2. The summed E-state index contributed by atoms with van der Waals surface area (Å²) in [7, 11) is 0. The Balaban J connectivity index is 2.19. The van der Waals surface area contributed by atoms with Crippen molar-refractivity contribution in [1.82, 2.24) is 0 Å². The van der Waals surface area contributed by atoms with E-state index in [1.807, 2.05) is 0 Å². The molecule has 0 spiro atoms. The molecule has 2 rings (SSSR count). The molecule has 0 unspecified atom stereocenters. The second-order valence-corrected chi connectivity index (χ2v) is 4.29. The maximum atomic E-state index is 12.7. The molecule has 0 atom stereocenters. The molecule has 0 aliphatic rings. The molecule has 0 saturated carbocycles. The van der Waals surface area contributed by atoms with Crippen molar-refractivity contribution >= 4 is 28.9 Å². The number of carbonyl (C=O) groups excluding carboxylic acids is 1. The van der Waals surface area contributed by atoms with Gasteiger partial charge in [-0.15, -0.1) is 0 Å². The Morgan fingerprint density at radius 3 is 2.40 bits per heavy atom. The molecule has 7 heteroatoms. The number of amides is 1. The molecule has 0 radical (unpaired) electrons. The highest BCUT2D eigenvalue weighted by Gasteiger charge is 2.15. The molecule has 0 fully saturated rings. The molecule has 2 aromatic carbocycles. The van der Waals surface area contributed by atoms with E-state index in [0.29, 0.717) is 5.69 Å². The summed E-state index contributed by atoms with van der Waals surface area (Å²) in [5, 5.41) is 13.0. The minimum absolute atomic E-state index is 0.123. The number of nitrogens with zero attached hydrogens (tertiary/aromatic N) is 1. The topological polar surface area (TPSA) is 72.2 Å². The molecule has 1 N–H and O–H groups in total. The quantitative estimate of drug-likeness (QED) is 0.694. The van der Waals surface area contributed by atoms with Crippen LogP contribution < -0.4 is 5.32 Å². The molecule has 0 aliphatic carbocycles. The van der Waals surface area contributed by atoms with Gasteiger partial charge in [-0.05, 0) is 36.4 Å². The van der Waals surface area contributed by atoms with E-state index in [1.165, 1.54) is 36.4 Å². The van der Waals surface area contributed by atoms with E-state index in [-0.39, 0.29) is 16.3 Å². The summed E-state index contributed by atoms with van der Waals surface area (Å²) in [5.74, 6) is -0.908. The van der Waals surface area contributed by atoms with E-state index in [9.17, 15) is 19.3 Å². The standard InChI is InChI=1S/C13H8ClFN2O3/c14-11-7-8(1-6-12(11)17(19)20)13(18)16-10-4-2-9(15)3-5-10/h1-7H,(H,16,18). The van der Waals surface area contributed by atoms with Crippen molar-refractivity contribution in [2.24, 2.45) is 0 Å². The number of rotatable bonds is 3. The highest BCUT2D eigenvalue weighted by molar-refractivity contribution is 6.33. The van der Waals surface area contributed by atoms with Gasteiger partial charge in [-0.25, -0.2) is 4.39 Å². The molecule has 0 saturated heterocycles. The second-order valence-electron chi connectivity index (χ2n) is 3.88. The fourth-order valence-electron chi connectivity index (χ4n) is 1.53. The molecular weight excluding hydrogens is 287 g/mol. The van der Waals surface area contributed by atoms with Crippen LogP contribution in [0.15, 0.2) is 42.5 Å². The number of anilines is 1. The molecule has 0 bridgehead atoms. The van der Waals surface area contributed by atoms with E-state index in [4.69, 9.17) is 11.6 Å². The van der Waals surface area contributed by atoms with Crippen molar-refractivity contribution in [3.8, 4) is 0 Å². The Morgan fingerprint density at radius 2 is 1.85 bits per heavy atom. The van der Waals surface area contributed by atoms with Gasteiger partial charge < -0.3 is 5.32 Å². The van der Waals surface area contributed by atoms with Gasteiger partial charge in [-0.1, -0.05) is 11.6 Å². The Labute approximate surface area is 118 Å². The number of nitro benzene ring substituents is 1. The van der Waals surface area contributed by atoms with Crippen molar-refractivity contribution < 1.29 is 14.1 Å². The first-order valence-corrected chi connectivity index (χ1v) is 5.86. The van der Waals surface area contributed by atoms with Gasteiger partial charge in [0.25, 0.3) is 11.6 Å². The van der Waals surface area contributed by atoms with Crippen LogP contribution in [-0.2, 0) is 0 Å². The van der Waals surface area contributed by atoms with Crippen molar-refractivity contribution in [2.75, 3.05) is 5.32 Å². The van der Waals surface area contributed by atoms with Crippen LogP contribution in [0, 0.1) is 15.9 Å². The fourth-order valence-corrected chi connectivity index (χ4v) is 1.78. The van der Waals surface area contributed by atoms with Crippen LogP contribution >= 0.6 is 11.6 Å². The maximum Gasteiger partial charge on any atom is 0.287 e. The molecule has 1 amide bonds. The lowest BCUT2D eigenvalue weighted by Gasteiger charge is -2.05. The second kappa shape index (κ2) is 5.66. The lowest BCUT2D eigenvalue weighted by Crippen LogP contribution is -2.12. The summed E-state index contributed by atoms with van der Waals surface area (Å²) >= 11 is 5.72. The summed E-state index contributed by atoms with van der Waals surface area (Å²) in [6.45, 7) is 0. The molecule has 20 heavy (non-hydrogen) atoms. The lowest BCUT2D eigenvalue weighted by atomic mass is 10.2. The van der Waals surface area contributed by atoms with Gasteiger partial charge in [0.1, 0.15) is 10.8 Å². The van der Waals surface area contributed by atoms with Gasteiger partial charge in [0.05, 0.1) is 4.92 Å². The average Bonchev–Trinajstić information content (AvgIpc) is 2.40. The number of halogens is 2. The minimum Gasteiger partial charge on any atom is -0.322 e. The van der Waals surface area contributed by atoms with Crippen LogP contribution in [-0.4, -0.2) is 10.8 Å². The van der Waals surface area contributed by atoms with Crippen LogP contribution in [0.1, 0.15) is 10.4 Å². The van der Waals surface area contributed by atoms with Crippen molar-refractivity contribution in [2.45, 2.75) is 0 Å². The van der Waals surface area contributed by atoms with Gasteiger partial charge in [0, 0.05) is 17.3 Å². The zero-order chi connectivity index (χ0) is 14.7. The van der Waals surface area contributed by atoms with Gasteiger partial charge in [-0.3, -0.25) is 14.9 Å². The number of nitrogens with one attached hydrogen (secondary N) is 1. The average molecular weight is 295 g/mol. The summed E-state index contributed by atoms with van der Waals surface area (Å²) < 4.78 is 12.7. The summed E-state index contributed by atoms with van der Waals surface area (Å²) in [6, 6.07) is 8.88. The third kappa shape index (κ3) is 3.10. The first kappa shape index (κ1) is 14.0.